The van der Waals surface area contributed by atoms with Gasteiger partial charge in [0.25, 0.3) is 0 Å². The molecule has 4 bridgehead atoms. The van der Waals surface area contributed by atoms with Crippen molar-refractivity contribution in [2.24, 2.45) is 58.2 Å². The van der Waals surface area contributed by atoms with Gasteiger partial charge >= 0.3 is 0 Å². The van der Waals surface area contributed by atoms with E-state index in [0.717, 1.165) is 103 Å². The van der Waals surface area contributed by atoms with Gasteiger partial charge in [0, 0.05) is 33.0 Å². The second-order valence-electron chi connectivity index (χ2n) is 42.1. The Labute approximate surface area is 794 Å². The predicted molar refractivity (Wildman–Crippen MR) is 544 cm³/mol. The van der Waals surface area contributed by atoms with Gasteiger partial charge in [-0.3, -0.25) is 0 Å². The molecular weight excluding hydrogens is 1610 g/mol. The van der Waals surface area contributed by atoms with Crippen molar-refractivity contribution in [2.45, 2.75) is 440 Å². The van der Waals surface area contributed by atoms with Crippen molar-refractivity contribution in [2.75, 3.05) is 34.0 Å². The Morgan fingerprint density at radius 2 is 0.654 bits per heavy atom. The summed E-state index contributed by atoms with van der Waals surface area (Å²) in [4.78, 5) is 0. The maximum absolute atomic E-state index is 9.01. The lowest BCUT2D eigenvalue weighted by Gasteiger charge is -2.57. The molecule has 9 aliphatic carbocycles. The molecule has 10 unspecified atom stereocenters. The third-order valence-corrected chi connectivity index (χ3v) is 32.3. The molecule has 0 amide bonds. The zero-order chi connectivity index (χ0) is 93.1. The fraction of sp³-hybridized carbons (Fsp3) is 0.697. The average Bonchev–Trinajstić information content (AvgIpc) is 0.758. The quantitative estimate of drug-likeness (QED) is 0.0282. The first kappa shape index (κ1) is 108. The van der Waals surface area contributed by atoms with Crippen molar-refractivity contribution < 1.29 is 52.8 Å². The standard InChI is InChI=1S/C34H56O2.C24H36O2.C21H34O2.C20H32O3.2C10H14O/c1-4-27(2)28-22-24-32(25-23-28)36-33(35-3)21-14-26-34(29-15-8-5-9-16-29,30-17-10-6-11-18-30)31-19-12-7-13-20-31;1-4-17(2)21-5-7-22(8-6-21)26-23(25-3)9-10-24-14-18-11-19(15-24)13-20(12-18)16-24;1-5-17(4)19-11-13-20(14-12-19)23-21(16(2)3)22-15-18-9-7-6-8-10-18;1-4-16(2)18-10-12-20(13-11-18)23-17(3)21-14-15-22-19-8-6-5-7-9-19;2*1-3-8(2)9-4-6-10(11)7-5-9/h22-25,27,29-31,33H,4-21,26H2,1-3H3;5-8,17-20,23H,4,9-16H2,1-3H3;11-14,16-18,21H,5-10,15H2,1-4H3;10-13,16-17,19H,4-9,14-15H2,1-3H3;2*4-8,11H,3H2,1-2H3. The summed E-state index contributed by atoms with van der Waals surface area (Å²) in [7, 11) is 3.62. The average molecular weight is 1790 g/mol. The fourth-order valence-corrected chi connectivity index (χ4v) is 23.4. The maximum Gasteiger partial charge on any atom is 0.202 e. The van der Waals surface area contributed by atoms with Gasteiger partial charge in [-0.25, -0.2) is 0 Å². The molecular formula is C119H186O11. The lowest BCUT2D eigenvalue weighted by atomic mass is 9.48. The van der Waals surface area contributed by atoms with Crippen LogP contribution in [0.4, 0.5) is 0 Å². The van der Waals surface area contributed by atoms with E-state index in [4.69, 9.17) is 52.8 Å². The smallest absolute Gasteiger partial charge is 0.202 e. The minimum atomic E-state index is -0.251. The van der Waals surface area contributed by atoms with Crippen LogP contribution in [0.25, 0.3) is 0 Å². The number of hydrogen-bond donors (Lipinski definition) is 2. The SMILES string of the molecule is CCC(C)c1ccc(O)cc1.CCC(C)c1ccc(O)cc1.CCC(C)c1ccc(OC(C)OCCOC2CCCCC2)cc1.CCC(C)c1ccc(OC(CCC23CC4CC(CC(C4)C2)C3)OC)cc1.CCC(C)c1ccc(OC(CCCC(C2CCCCC2)(C2CCCCC2)C2CCCCC2)OC)cc1.CCC(C)c1ccc(OC(OCC2CCCCC2)C(C)C)cc1. The fourth-order valence-electron chi connectivity index (χ4n) is 23.4. The van der Waals surface area contributed by atoms with Crippen molar-refractivity contribution in [1.82, 2.24) is 0 Å². The molecule has 15 rings (SSSR count). The molecule has 9 saturated carbocycles. The Kier molecular flexibility index (Phi) is 48.3. The number of aromatic hydroxyl groups is 2. The Morgan fingerprint density at radius 1 is 0.346 bits per heavy atom. The van der Waals surface area contributed by atoms with Crippen LogP contribution < -0.4 is 18.9 Å². The van der Waals surface area contributed by atoms with Crippen molar-refractivity contribution >= 4 is 0 Å². The van der Waals surface area contributed by atoms with Crippen LogP contribution in [0.2, 0.25) is 0 Å². The van der Waals surface area contributed by atoms with Crippen LogP contribution in [0.3, 0.4) is 0 Å². The van der Waals surface area contributed by atoms with Gasteiger partial charge in [-0.2, -0.15) is 0 Å². The third-order valence-electron chi connectivity index (χ3n) is 32.3. The highest BCUT2D eigenvalue weighted by molar-refractivity contribution is 5.34. The van der Waals surface area contributed by atoms with E-state index in [2.05, 4.69) is 182 Å². The predicted octanol–water partition coefficient (Wildman–Crippen LogP) is 34.3. The molecule has 0 radical (unpaired) electrons. The number of phenols is 2. The number of rotatable bonds is 41. The molecule has 0 saturated heterocycles. The molecule has 2 N–H and O–H groups in total. The summed E-state index contributed by atoms with van der Waals surface area (Å²) >= 11 is 0. The van der Waals surface area contributed by atoms with E-state index in [0.29, 0.717) is 83.1 Å². The molecule has 10 atom stereocenters. The molecule has 11 heteroatoms. The minimum absolute atomic E-state index is 0.113. The number of hydrogen-bond acceptors (Lipinski definition) is 11. The van der Waals surface area contributed by atoms with E-state index >= 15 is 0 Å². The Hall–Kier alpha value is -6.08. The Balaban J connectivity index is 0.000000183. The maximum atomic E-state index is 9.01. The normalized spacial score (nSPS) is 22.1. The highest BCUT2D eigenvalue weighted by atomic mass is 16.7. The molecule has 0 aromatic heterocycles. The van der Waals surface area contributed by atoms with E-state index in [-0.39, 0.29) is 25.2 Å². The monoisotopic (exact) mass is 1790 g/mol. The van der Waals surface area contributed by atoms with Gasteiger partial charge in [0.1, 0.15) is 34.5 Å². The van der Waals surface area contributed by atoms with E-state index in [1.807, 2.05) is 50.4 Å². The second-order valence-corrected chi connectivity index (χ2v) is 42.1. The lowest BCUT2D eigenvalue weighted by molar-refractivity contribution is -0.120. The van der Waals surface area contributed by atoms with Gasteiger partial charge in [0.2, 0.25) is 6.29 Å². The number of methoxy groups -OCH3 is 2. The molecule has 6 aromatic carbocycles. The minimum Gasteiger partial charge on any atom is -0.508 e. The van der Waals surface area contributed by atoms with Crippen LogP contribution in [-0.4, -0.2) is 75.5 Å². The first-order valence-electron chi connectivity index (χ1n) is 53.6. The lowest BCUT2D eigenvalue weighted by Crippen LogP contribution is -2.47. The highest BCUT2D eigenvalue weighted by Crippen LogP contribution is 2.63. The summed E-state index contributed by atoms with van der Waals surface area (Å²) in [6, 6.07) is 49.1. The number of phenolic OH excluding ortho intramolecular Hbond substituents is 2. The Morgan fingerprint density at radius 3 is 0.985 bits per heavy atom. The van der Waals surface area contributed by atoms with Gasteiger partial charge in [0.15, 0.2) is 18.9 Å². The molecule has 0 aliphatic heterocycles. The zero-order valence-electron chi connectivity index (χ0n) is 85.2. The van der Waals surface area contributed by atoms with Gasteiger partial charge in [0.05, 0.1) is 25.9 Å². The summed E-state index contributed by atoms with van der Waals surface area (Å²) in [5.74, 6) is 15.0. The van der Waals surface area contributed by atoms with Crippen LogP contribution in [0.1, 0.15) is 442 Å². The van der Waals surface area contributed by atoms with E-state index in [1.54, 1.807) is 31.4 Å². The number of benzene rings is 6. The van der Waals surface area contributed by atoms with Crippen LogP contribution in [0, 0.1) is 58.2 Å². The molecule has 0 spiro atoms. The molecule has 9 fully saturated rings. The summed E-state index contributed by atoms with van der Waals surface area (Å²) in [6.45, 7) is 35.1. The van der Waals surface area contributed by atoms with Crippen molar-refractivity contribution in [3.63, 3.8) is 0 Å². The summed E-state index contributed by atoms with van der Waals surface area (Å²) < 4.78 is 53.7. The largest absolute Gasteiger partial charge is 0.508 e. The van der Waals surface area contributed by atoms with E-state index in [9.17, 15) is 0 Å². The first-order chi connectivity index (χ1) is 63.0. The van der Waals surface area contributed by atoms with E-state index in [1.165, 1.54) is 271 Å². The van der Waals surface area contributed by atoms with Gasteiger partial charge in [-0.1, -0.05) is 266 Å². The molecule has 6 aromatic rings. The van der Waals surface area contributed by atoms with Crippen LogP contribution >= 0.6 is 0 Å². The van der Waals surface area contributed by atoms with Crippen LogP contribution in [-0.2, 0) is 23.7 Å². The van der Waals surface area contributed by atoms with E-state index < -0.39 is 0 Å². The van der Waals surface area contributed by atoms with Gasteiger partial charge in [-0.05, 0) is 361 Å². The molecule has 728 valence electrons. The topological polar surface area (TPSA) is 124 Å². The summed E-state index contributed by atoms with van der Waals surface area (Å²) in [5, 5.41) is 18.0. The molecule has 130 heavy (non-hydrogen) atoms. The van der Waals surface area contributed by atoms with Crippen molar-refractivity contribution in [3.8, 4) is 34.5 Å². The first-order valence-corrected chi connectivity index (χ1v) is 53.6. The molecule has 0 heterocycles. The second kappa shape index (κ2) is 58.4. The summed E-state index contributed by atoms with van der Waals surface area (Å²) in [5.41, 5.74) is 9.31. The highest BCUT2D eigenvalue weighted by Gasteiger charge is 2.52. The Bertz CT molecular complexity index is 3730. The van der Waals surface area contributed by atoms with Crippen molar-refractivity contribution in [1.29, 1.82) is 0 Å². The van der Waals surface area contributed by atoms with Gasteiger partial charge in [-0.15, -0.1) is 0 Å². The van der Waals surface area contributed by atoms with Crippen LogP contribution in [0.5, 0.6) is 34.5 Å². The van der Waals surface area contributed by atoms with Gasteiger partial charge < -0.3 is 52.8 Å². The molecule has 9 aliphatic rings. The van der Waals surface area contributed by atoms with Crippen LogP contribution in [0.15, 0.2) is 146 Å². The van der Waals surface area contributed by atoms with Crippen molar-refractivity contribution in [3.05, 3.63) is 179 Å². The number of ether oxygens (including phenoxy) is 9. The third kappa shape index (κ3) is 35.6. The summed E-state index contributed by atoms with van der Waals surface area (Å²) in [6.07, 6.45) is 57.0. The zero-order valence-corrected chi connectivity index (χ0v) is 85.2. The molecule has 11 nitrogen and oxygen atoms in total.